The smallest absolute Gasteiger partial charge is 0.407 e. The Balaban J connectivity index is 1.85. The van der Waals surface area contributed by atoms with Gasteiger partial charge in [0, 0.05) is 53.1 Å². The first-order valence-electron chi connectivity index (χ1n) is 11.6. The minimum Gasteiger partial charge on any atom is -0.447 e. The topological polar surface area (TPSA) is 150 Å². The Morgan fingerprint density at radius 1 is 1.45 bits per heavy atom. The number of alkyl carbamates (subject to hydrolysis) is 2. The van der Waals surface area contributed by atoms with Gasteiger partial charge >= 0.3 is 18.7 Å². The summed E-state index contributed by atoms with van der Waals surface area (Å²) in [5.74, 6) is -0.306. The van der Waals surface area contributed by atoms with E-state index in [1.807, 2.05) is 0 Å². The van der Waals surface area contributed by atoms with E-state index in [-0.39, 0.29) is 41.8 Å². The number of ether oxygens (including phenoxy) is 2. The molecule has 0 bridgehead atoms. The van der Waals surface area contributed by atoms with Crippen LogP contribution in [0.4, 0.5) is 22.8 Å². The molecule has 1 aromatic carbocycles. The summed E-state index contributed by atoms with van der Waals surface area (Å²) in [5, 5.41) is 20.9. The summed E-state index contributed by atoms with van der Waals surface area (Å²) < 4.78 is 49.8. The van der Waals surface area contributed by atoms with Crippen LogP contribution in [0, 0.1) is 11.2 Å². The van der Waals surface area contributed by atoms with Gasteiger partial charge in [-0.1, -0.05) is 17.7 Å². The summed E-state index contributed by atoms with van der Waals surface area (Å²) in [5.41, 5.74) is -0.695. The maximum absolute atomic E-state index is 13.9. The van der Waals surface area contributed by atoms with Gasteiger partial charge in [-0.3, -0.25) is 4.99 Å². The fraction of sp³-hybridized carbons (Fsp3) is 0.292. The number of nitrogens with zero attached hydrogens (tertiary/aromatic N) is 2. The van der Waals surface area contributed by atoms with Gasteiger partial charge in [-0.05, 0) is 18.2 Å². The lowest BCUT2D eigenvalue weighted by molar-refractivity contribution is 0.102. The summed E-state index contributed by atoms with van der Waals surface area (Å²) in [6, 6.07) is 2.67. The van der Waals surface area contributed by atoms with Crippen molar-refractivity contribution in [1.82, 2.24) is 26.3 Å². The highest BCUT2D eigenvalue weighted by Gasteiger charge is 2.44. The summed E-state index contributed by atoms with van der Waals surface area (Å²) in [6.45, 7) is -3.36. The SMILES string of the molecule is CNC(=O)OC[C@]1(CC2=C(C(=N)/C=C\NC(F)F)[C@H](c3ccc(F)cc3Cl)N=C(c3nccs3)N2)COC(=O)N1. The molecule has 3 heterocycles. The number of alkyl halides is 2. The van der Waals surface area contributed by atoms with E-state index in [2.05, 4.69) is 20.9 Å². The first-order chi connectivity index (χ1) is 19.1. The average molecular weight is 598 g/mol. The van der Waals surface area contributed by atoms with E-state index in [4.69, 9.17) is 31.5 Å². The number of carbonyl (C=O) groups excluding carboxylic acids is 2. The Hall–Kier alpha value is -4.11. The molecule has 1 fully saturated rings. The van der Waals surface area contributed by atoms with Gasteiger partial charge in [0.15, 0.2) is 10.8 Å². The normalized spacial score (nSPS) is 20.6. The standard InChI is InChI=1S/C24H23ClF3N7O4S/c1-30-22(36)38-10-24(11-39-23(37)35-24)9-16-17(15(29)4-5-32-21(27)28)18(13-3-2-12(26)8-14(13)25)34-19(33-16)20-31-6-7-40-20/h2-8,18,21,29,32H,9-11H2,1H3,(H,30,36)(H,33,34)(H,35,37)/b5-4-,29-15?/t18-,24+/m0/s1. The number of halogens is 4. The van der Waals surface area contributed by atoms with Crippen molar-refractivity contribution in [2.75, 3.05) is 20.3 Å². The van der Waals surface area contributed by atoms with Crippen LogP contribution >= 0.6 is 22.9 Å². The molecule has 16 heteroatoms. The Morgan fingerprint density at radius 3 is 2.88 bits per heavy atom. The number of aromatic nitrogens is 1. The number of nitrogens with one attached hydrogen (secondary N) is 5. The highest BCUT2D eigenvalue weighted by molar-refractivity contribution is 7.11. The molecular weight excluding hydrogens is 575 g/mol. The average Bonchev–Trinajstić information content (AvgIpc) is 3.57. The predicted octanol–water partition coefficient (Wildman–Crippen LogP) is 3.85. The van der Waals surface area contributed by atoms with Crippen molar-refractivity contribution in [3.63, 3.8) is 0 Å². The molecule has 2 aromatic rings. The monoisotopic (exact) mass is 597 g/mol. The van der Waals surface area contributed by atoms with Crippen LogP contribution < -0.4 is 21.3 Å². The Labute approximate surface area is 235 Å². The zero-order valence-electron chi connectivity index (χ0n) is 20.8. The number of hydrogen-bond donors (Lipinski definition) is 5. The molecule has 2 atom stereocenters. The lowest BCUT2D eigenvalue weighted by Crippen LogP contribution is -2.51. The van der Waals surface area contributed by atoms with Crippen molar-refractivity contribution in [2.45, 2.75) is 24.6 Å². The lowest BCUT2D eigenvalue weighted by atomic mass is 9.86. The van der Waals surface area contributed by atoms with Crippen LogP contribution in [0.3, 0.4) is 0 Å². The quantitative estimate of drug-likeness (QED) is 0.206. The molecule has 0 radical (unpaired) electrons. The van der Waals surface area contributed by atoms with Crippen LogP contribution in [0.5, 0.6) is 0 Å². The number of benzene rings is 1. The van der Waals surface area contributed by atoms with E-state index in [9.17, 15) is 22.8 Å². The van der Waals surface area contributed by atoms with Gasteiger partial charge in [-0.25, -0.2) is 19.0 Å². The third kappa shape index (κ3) is 6.71. The molecule has 40 heavy (non-hydrogen) atoms. The van der Waals surface area contributed by atoms with Gasteiger partial charge in [0.05, 0.1) is 5.71 Å². The van der Waals surface area contributed by atoms with Gasteiger partial charge in [0.2, 0.25) is 0 Å². The largest absolute Gasteiger partial charge is 0.447 e. The Kier molecular flexibility index (Phi) is 8.94. The molecule has 2 amide bonds. The number of amidine groups is 1. The highest BCUT2D eigenvalue weighted by atomic mass is 35.5. The molecule has 0 spiro atoms. The van der Waals surface area contributed by atoms with Crippen LogP contribution in [0.25, 0.3) is 0 Å². The van der Waals surface area contributed by atoms with Gasteiger partial charge in [-0.15, -0.1) is 11.3 Å². The molecule has 1 saturated heterocycles. The summed E-state index contributed by atoms with van der Waals surface area (Å²) in [6.07, 6.45) is 2.00. The molecule has 2 aliphatic heterocycles. The highest BCUT2D eigenvalue weighted by Crippen LogP contribution is 2.39. The number of carbonyl (C=O) groups is 2. The van der Waals surface area contributed by atoms with Crippen LogP contribution in [0.15, 0.2) is 58.3 Å². The number of amides is 2. The van der Waals surface area contributed by atoms with Crippen LogP contribution in [0.2, 0.25) is 5.02 Å². The predicted molar refractivity (Wildman–Crippen MR) is 141 cm³/mol. The van der Waals surface area contributed by atoms with Crippen LogP contribution in [-0.2, 0) is 9.47 Å². The van der Waals surface area contributed by atoms with E-state index < -0.39 is 36.1 Å². The fourth-order valence-electron chi connectivity index (χ4n) is 4.07. The Morgan fingerprint density at radius 2 is 2.25 bits per heavy atom. The number of aliphatic imine (C=N–C) groups is 1. The maximum atomic E-state index is 13.9. The van der Waals surface area contributed by atoms with Crippen molar-refractivity contribution in [1.29, 1.82) is 5.41 Å². The molecule has 0 saturated carbocycles. The van der Waals surface area contributed by atoms with E-state index in [1.165, 1.54) is 30.5 Å². The number of hydrogen-bond acceptors (Lipinski definition) is 10. The number of thiazole rings is 1. The van der Waals surface area contributed by atoms with Crippen LogP contribution in [0.1, 0.15) is 23.0 Å². The van der Waals surface area contributed by atoms with Crippen molar-refractivity contribution in [3.05, 3.63) is 74.7 Å². The number of allylic oxidation sites excluding steroid dienone is 1. The van der Waals surface area contributed by atoms with Crippen molar-refractivity contribution in [3.8, 4) is 0 Å². The van der Waals surface area contributed by atoms with Crippen molar-refractivity contribution < 1.29 is 32.2 Å². The third-order valence-corrected chi connectivity index (χ3v) is 6.93. The fourth-order valence-corrected chi connectivity index (χ4v) is 4.93. The van der Waals surface area contributed by atoms with Crippen molar-refractivity contribution >= 4 is 46.7 Å². The Bertz CT molecular complexity index is 1390. The molecule has 2 aliphatic rings. The van der Waals surface area contributed by atoms with E-state index in [0.717, 1.165) is 18.3 Å². The van der Waals surface area contributed by atoms with Gasteiger partial charge < -0.3 is 36.2 Å². The zero-order valence-corrected chi connectivity index (χ0v) is 22.3. The molecule has 5 N–H and O–H groups in total. The molecule has 212 valence electrons. The van der Waals surface area contributed by atoms with Gasteiger partial charge in [-0.2, -0.15) is 8.78 Å². The molecule has 0 aliphatic carbocycles. The van der Waals surface area contributed by atoms with Gasteiger partial charge in [0.25, 0.3) is 0 Å². The number of rotatable bonds is 10. The maximum Gasteiger partial charge on any atom is 0.407 e. The number of cyclic esters (lactones) is 1. The first-order valence-corrected chi connectivity index (χ1v) is 12.9. The third-order valence-electron chi connectivity index (χ3n) is 5.83. The lowest BCUT2D eigenvalue weighted by Gasteiger charge is -2.33. The van der Waals surface area contributed by atoms with E-state index in [1.54, 1.807) is 16.9 Å². The summed E-state index contributed by atoms with van der Waals surface area (Å²) >= 11 is 7.68. The molecular formula is C24H23ClF3N7O4S. The summed E-state index contributed by atoms with van der Waals surface area (Å²) in [7, 11) is 1.37. The zero-order chi connectivity index (χ0) is 28.9. The molecule has 4 rings (SSSR count). The van der Waals surface area contributed by atoms with Crippen LogP contribution in [-0.4, -0.2) is 61.1 Å². The minimum atomic E-state index is -2.87. The van der Waals surface area contributed by atoms with E-state index >= 15 is 0 Å². The second-order valence-corrected chi connectivity index (χ2v) is 9.90. The minimum absolute atomic E-state index is 0.0173. The summed E-state index contributed by atoms with van der Waals surface area (Å²) in [4.78, 5) is 32.9. The second-order valence-electron chi connectivity index (χ2n) is 8.60. The van der Waals surface area contributed by atoms with Gasteiger partial charge in [0.1, 0.15) is 30.6 Å². The molecule has 1 aromatic heterocycles. The molecule has 11 nitrogen and oxygen atoms in total. The van der Waals surface area contributed by atoms with Crippen molar-refractivity contribution in [2.24, 2.45) is 4.99 Å². The first kappa shape index (κ1) is 28.9. The molecule has 0 unspecified atom stereocenters. The second kappa shape index (κ2) is 12.4. The van der Waals surface area contributed by atoms with E-state index in [0.29, 0.717) is 16.3 Å².